The molecule has 0 bridgehead atoms. The van der Waals surface area contributed by atoms with Crippen LogP contribution in [0.5, 0.6) is 0 Å². The molecule has 0 spiro atoms. The Morgan fingerprint density at radius 3 is 1.95 bits per heavy atom. The summed E-state index contributed by atoms with van der Waals surface area (Å²) >= 11 is 0. The van der Waals surface area contributed by atoms with Crippen LogP contribution in [0.15, 0.2) is 91.0 Å². The fourth-order valence-electron chi connectivity index (χ4n) is 6.26. The van der Waals surface area contributed by atoms with Gasteiger partial charge in [-0.25, -0.2) is 4.98 Å². The first-order chi connectivity index (χ1) is 18.5. The molecule has 0 amide bonds. The molecule has 0 fully saturated rings. The van der Waals surface area contributed by atoms with Crippen LogP contribution in [0.3, 0.4) is 0 Å². The number of aromatic nitrogens is 3. The van der Waals surface area contributed by atoms with Crippen LogP contribution < -0.4 is 0 Å². The highest BCUT2D eigenvalue weighted by molar-refractivity contribution is 6.19. The molecule has 0 aliphatic rings. The van der Waals surface area contributed by atoms with Crippen molar-refractivity contribution < 1.29 is 0 Å². The summed E-state index contributed by atoms with van der Waals surface area (Å²) in [5.41, 5.74) is 11.2. The lowest BCUT2D eigenvalue weighted by atomic mass is 9.90. The molecule has 8 aromatic rings. The minimum atomic E-state index is 0.476. The third kappa shape index (κ3) is 2.87. The van der Waals surface area contributed by atoms with Crippen LogP contribution in [0.4, 0.5) is 0 Å². The van der Waals surface area contributed by atoms with Crippen LogP contribution in [0.25, 0.3) is 66.0 Å². The van der Waals surface area contributed by atoms with Gasteiger partial charge in [-0.05, 0) is 81.3 Å². The zero-order chi connectivity index (χ0) is 25.7. The van der Waals surface area contributed by atoms with Gasteiger partial charge in [-0.15, -0.1) is 0 Å². The molecule has 0 atom stereocenters. The quantitative estimate of drug-likeness (QED) is 0.241. The van der Waals surface area contributed by atoms with Crippen molar-refractivity contribution in [3.8, 4) is 11.1 Å². The molecule has 3 aromatic heterocycles. The lowest BCUT2D eigenvalue weighted by Crippen LogP contribution is -1.95. The highest BCUT2D eigenvalue weighted by Crippen LogP contribution is 2.41. The minimum absolute atomic E-state index is 0.476. The molecular weight excluding hydrogens is 462 g/mol. The van der Waals surface area contributed by atoms with Crippen molar-refractivity contribution in [3.63, 3.8) is 0 Å². The van der Waals surface area contributed by atoms with Crippen LogP contribution in [-0.2, 0) is 0 Å². The van der Waals surface area contributed by atoms with Crippen molar-refractivity contribution in [1.82, 2.24) is 13.8 Å². The fourth-order valence-corrected chi connectivity index (χ4v) is 6.26. The number of hydrogen-bond acceptors (Lipinski definition) is 1. The third-order valence-corrected chi connectivity index (χ3v) is 8.34. The molecule has 38 heavy (non-hydrogen) atoms. The first-order valence-corrected chi connectivity index (χ1v) is 13.6. The van der Waals surface area contributed by atoms with E-state index in [4.69, 9.17) is 4.98 Å². The van der Waals surface area contributed by atoms with Gasteiger partial charge in [0.2, 0.25) is 5.78 Å². The maximum atomic E-state index is 5.14. The van der Waals surface area contributed by atoms with Crippen LogP contribution in [-0.4, -0.2) is 13.8 Å². The zero-order valence-electron chi connectivity index (χ0n) is 22.2. The predicted octanol–water partition coefficient (Wildman–Crippen LogP) is 9.55. The summed E-state index contributed by atoms with van der Waals surface area (Å²) in [6, 6.07) is 33.8. The lowest BCUT2D eigenvalue weighted by Gasteiger charge is -2.15. The first kappa shape index (κ1) is 21.7. The molecule has 0 radical (unpaired) electrons. The fraction of sp³-hybridized carbons (Fsp3) is 0.171. The number of rotatable bonds is 3. The summed E-state index contributed by atoms with van der Waals surface area (Å²) in [5.74, 6) is 1.93. The van der Waals surface area contributed by atoms with Gasteiger partial charge in [0.05, 0.1) is 27.6 Å². The van der Waals surface area contributed by atoms with E-state index >= 15 is 0 Å². The largest absolute Gasteiger partial charge is 0.277 e. The molecule has 3 heteroatoms. The molecule has 184 valence electrons. The summed E-state index contributed by atoms with van der Waals surface area (Å²) in [5, 5.41) is 5.09. The molecule has 0 saturated heterocycles. The van der Waals surface area contributed by atoms with E-state index in [1.54, 1.807) is 0 Å². The molecule has 0 unspecified atom stereocenters. The summed E-state index contributed by atoms with van der Waals surface area (Å²) in [6.07, 6.45) is 0. The van der Waals surface area contributed by atoms with Crippen molar-refractivity contribution >= 4 is 54.9 Å². The molecule has 3 heterocycles. The van der Waals surface area contributed by atoms with Crippen LogP contribution in [0.2, 0.25) is 0 Å². The van der Waals surface area contributed by atoms with E-state index in [0.717, 1.165) is 16.8 Å². The Kier molecular flexibility index (Phi) is 4.33. The maximum absolute atomic E-state index is 5.14. The average molecular weight is 492 g/mol. The standard InChI is InChI=1S/C35H29N3/c1-20(2)24-13-25(21(3)4)15-26(14-24)27-17-29-28-16-22-9-5-6-10-23(22)18-32(28)38-34(29)33(19-27)37-31-12-8-7-11-30(31)36-35(37)38/h5-21H,1-4H3. The number of para-hydroxylation sites is 2. The lowest BCUT2D eigenvalue weighted by molar-refractivity contribution is 0.834. The molecule has 8 rings (SSSR count). The van der Waals surface area contributed by atoms with Crippen molar-refractivity contribution in [2.24, 2.45) is 0 Å². The second-order valence-corrected chi connectivity index (χ2v) is 11.4. The van der Waals surface area contributed by atoms with E-state index in [1.807, 2.05) is 0 Å². The highest BCUT2D eigenvalue weighted by atomic mass is 15.2. The smallest absolute Gasteiger partial charge is 0.220 e. The topological polar surface area (TPSA) is 21.7 Å². The van der Waals surface area contributed by atoms with Gasteiger partial charge in [-0.3, -0.25) is 8.80 Å². The van der Waals surface area contributed by atoms with Gasteiger partial charge >= 0.3 is 0 Å². The van der Waals surface area contributed by atoms with Gasteiger partial charge in [0, 0.05) is 10.8 Å². The Hall–Kier alpha value is -4.37. The average Bonchev–Trinajstić information content (AvgIpc) is 3.56. The Balaban J connectivity index is 1.57. The molecule has 5 aromatic carbocycles. The van der Waals surface area contributed by atoms with Crippen molar-refractivity contribution in [2.75, 3.05) is 0 Å². The Morgan fingerprint density at radius 1 is 0.553 bits per heavy atom. The van der Waals surface area contributed by atoms with E-state index in [0.29, 0.717) is 11.8 Å². The van der Waals surface area contributed by atoms with E-state index < -0.39 is 0 Å². The zero-order valence-corrected chi connectivity index (χ0v) is 22.2. The Morgan fingerprint density at radius 2 is 1.21 bits per heavy atom. The summed E-state index contributed by atoms with van der Waals surface area (Å²) in [6.45, 7) is 9.15. The number of imidazole rings is 2. The number of benzene rings is 5. The molecule has 0 saturated carbocycles. The molecular formula is C35H29N3. The molecule has 0 N–H and O–H groups in total. The Bertz CT molecular complexity index is 2160. The third-order valence-electron chi connectivity index (χ3n) is 8.34. The number of fused-ring (bicyclic) bond motifs is 9. The summed E-state index contributed by atoms with van der Waals surface area (Å²) in [4.78, 5) is 5.14. The monoisotopic (exact) mass is 491 g/mol. The predicted molar refractivity (Wildman–Crippen MR) is 161 cm³/mol. The second-order valence-electron chi connectivity index (χ2n) is 11.4. The first-order valence-electron chi connectivity index (χ1n) is 13.6. The molecule has 3 nitrogen and oxygen atoms in total. The molecule has 0 aliphatic heterocycles. The van der Waals surface area contributed by atoms with Gasteiger partial charge in [-0.1, -0.05) is 82.3 Å². The van der Waals surface area contributed by atoms with Crippen molar-refractivity contribution in [3.05, 3.63) is 102 Å². The van der Waals surface area contributed by atoms with Gasteiger partial charge in [0.25, 0.3) is 0 Å². The van der Waals surface area contributed by atoms with Crippen LogP contribution in [0.1, 0.15) is 50.7 Å². The highest BCUT2D eigenvalue weighted by Gasteiger charge is 2.22. The second kappa shape index (κ2) is 7.58. The van der Waals surface area contributed by atoms with Crippen molar-refractivity contribution in [1.29, 1.82) is 0 Å². The van der Waals surface area contributed by atoms with Crippen molar-refractivity contribution in [2.45, 2.75) is 39.5 Å². The summed E-state index contributed by atoms with van der Waals surface area (Å²) < 4.78 is 4.73. The normalized spacial score (nSPS) is 12.7. The van der Waals surface area contributed by atoms with Gasteiger partial charge in [-0.2, -0.15) is 0 Å². The minimum Gasteiger partial charge on any atom is -0.277 e. The van der Waals surface area contributed by atoms with Gasteiger partial charge in [0.15, 0.2) is 0 Å². The van der Waals surface area contributed by atoms with E-state index in [1.165, 1.54) is 60.3 Å². The maximum Gasteiger partial charge on any atom is 0.220 e. The van der Waals surface area contributed by atoms with E-state index in [-0.39, 0.29) is 0 Å². The van der Waals surface area contributed by atoms with E-state index in [2.05, 4.69) is 127 Å². The SMILES string of the molecule is CC(C)c1cc(-c2cc3c4cc5ccccc5cc4n4c3c(c2)n2c3ccccc3nc24)cc(C(C)C)c1. The number of hydrogen-bond donors (Lipinski definition) is 0. The van der Waals surface area contributed by atoms with Gasteiger partial charge < -0.3 is 0 Å². The van der Waals surface area contributed by atoms with E-state index in [9.17, 15) is 0 Å². The molecule has 0 aliphatic carbocycles. The number of nitrogens with zero attached hydrogens (tertiary/aromatic N) is 3. The van der Waals surface area contributed by atoms with Gasteiger partial charge in [0.1, 0.15) is 0 Å². The van der Waals surface area contributed by atoms with Crippen LogP contribution in [0, 0.1) is 0 Å². The Labute approximate surface area is 221 Å². The van der Waals surface area contributed by atoms with Crippen LogP contribution >= 0.6 is 0 Å². The summed E-state index contributed by atoms with van der Waals surface area (Å²) in [7, 11) is 0.